The molecule has 0 aliphatic rings. The fraction of sp³-hybridized carbons (Fsp3) is 0.375. The third-order valence-electron chi connectivity index (χ3n) is 2.88. The van der Waals surface area contributed by atoms with Crippen molar-refractivity contribution >= 4 is 23.0 Å². The maximum Gasteiger partial charge on any atom is 0.418 e. The number of aromatic hydroxyl groups is 1. The molecule has 1 aromatic heterocycles. The van der Waals surface area contributed by atoms with Gasteiger partial charge in [-0.3, -0.25) is 4.79 Å². The molecule has 1 heterocycles. The van der Waals surface area contributed by atoms with Gasteiger partial charge in [0.05, 0.1) is 12.1 Å². The number of hydrogen-bond donors (Lipinski definition) is 2. The Kier molecular flexibility index (Phi) is 6.44. The summed E-state index contributed by atoms with van der Waals surface area (Å²) in [4.78, 5) is 21.0. The van der Waals surface area contributed by atoms with Crippen molar-refractivity contribution in [2.75, 3.05) is 6.61 Å². The van der Waals surface area contributed by atoms with Crippen LogP contribution in [0.1, 0.15) is 32.4 Å². The quantitative estimate of drug-likeness (QED) is 0.847. The summed E-state index contributed by atoms with van der Waals surface area (Å²) in [5.74, 6) is -0.640. The van der Waals surface area contributed by atoms with Gasteiger partial charge in [-0.15, -0.1) is 0 Å². The molecule has 2 aromatic rings. The molecule has 0 spiro atoms. The van der Waals surface area contributed by atoms with Gasteiger partial charge in [-0.25, -0.2) is 9.36 Å². The van der Waals surface area contributed by atoms with Crippen LogP contribution in [-0.2, 0) is 9.53 Å². The number of nitrogens with zero attached hydrogens (tertiary/aromatic N) is 1. The van der Waals surface area contributed by atoms with Crippen LogP contribution >= 0.6 is 0 Å². The topological polar surface area (TPSA) is 88.8 Å². The number of hydrogen-bond acceptors (Lipinski definition) is 4. The predicted octanol–water partition coefficient (Wildman–Crippen LogP) is 3.53. The van der Waals surface area contributed by atoms with Crippen molar-refractivity contribution in [1.82, 2.24) is 4.57 Å². The highest BCUT2D eigenvalue weighted by Crippen LogP contribution is 2.23. The van der Waals surface area contributed by atoms with Crippen LogP contribution in [0.3, 0.4) is 0 Å². The van der Waals surface area contributed by atoms with E-state index >= 15 is 0 Å². The summed E-state index contributed by atoms with van der Waals surface area (Å²) in [6.07, 6.45) is 1.50. The Labute approximate surface area is 128 Å². The molecule has 6 heteroatoms. The molecular formula is C16H21NO5. The molecule has 120 valence electrons. The molecule has 0 radical (unpaired) electrons. The molecule has 6 nitrogen and oxygen atoms in total. The number of carbonyl (C=O) groups is 2. The Morgan fingerprint density at radius 1 is 1.27 bits per heavy atom. The number of carbonyl (C=O) groups excluding carboxylic acids is 1. The number of phenolic OH excluding ortho intramolecular Hbond substituents is 1. The zero-order chi connectivity index (χ0) is 16.7. The Bertz CT molecular complexity index is 656. The average molecular weight is 307 g/mol. The van der Waals surface area contributed by atoms with Crippen molar-refractivity contribution in [2.24, 2.45) is 0 Å². The van der Waals surface area contributed by atoms with E-state index in [4.69, 9.17) is 14.6 Å². The molecule has 0 saturated heterocycles. The van der Waals surface area contributed by atoms with Gasteiger partial charge in [-0.1, -0.05) is 13.3 Å². The lowest BCUT2D eigenvalue weighted by atomic mass is 10.2. The lowest BCUT2D eigenvalue weighted by Gasteiger charge is -2.07. The van der Waals surface area contributed by atoms with Crippen molar-refractivity contribution in [3.63, 3.8) is 0 Å². The second-order valence-electron chi connectivity index (χ2n) is 4.85. The van der Waals surface area contributed by atoms with Crippen molar-refractivity contribution in [2.45, 2.75) is 33.6 Å². The Morgan fingerprint density at radius 2 is 1.91 bits per heavy atom. The maximum absolute atomic E-state index is 12.0. The number of benzene rings is 1. The van der Waals surface area contributed by atoms with Gasteiger partial charge < -0.3 is 14.9 Å². The SMILES string of the molecule is CC(=O)O.CCCCOC(=O)n1c(C)cc2cc(O)ccc21. The van der Waals surface area contributed by atoms with Gasteiger partial charge in [0, 0.05) is 18.0 Å². The summed E-state index contributed by atoms with van der Waals surface area (Å²) in [6, 6.07) is 6.78. The van der Waals surface area contributed by atoms with E-state index in [1.807, 2.05) is 19.9 Å². The number of unbranched alkanes of at least 4 members (excludes halogenated alkanes) is 1. The molecule has 0 aliphatic heterocycles. The molecule has 0 saturated carbocycles. The number of fused-ring (bicyclic) bond motifs is 1. The fourth-order valence-electron chi connectivity index (χ4n) is 1.95. The van der Waals surface area contributed by atoms with Crippen molar-refractivity contribution in [3.05, 3.63) is 30.0 Å². The van der Waals surface area contributed by atoms with Crippen LogP contribution < -0.4 is 0 Å². The van der Waals surface area contributed by atoms with Crippen molar-refractivity contribution in [1.29, 1.82) is 0 Å². The minimum absolute atomic E-state index is 0.194. The molecular weight excluding hydrogens is 286 g/mol. The molecule has 0 atom stereocenters. The number of aliphatic carboxylic acids is 1. The second kappa shape index (κ2) is 8.07. The Balaban J connectivity index is 0.000000541. The van der Waals surface area contributed by atoms with Crippen LogP contribution in [0.25, 0.3) is 10.9 Å². The highest BCUT2D eigenvalue weighted by atomic mass is 16.5. The third-order valence-corrected chi connectivity index (χ3v) is 2.88. The monoisotopic (exact) mass is 307 g/mol. The number of aromatic nitrogens is 1. The number of rotatable bonds is 3. The van der Waals surface area contributed by atoms with E-state index in [-0.39, 0.29) is 11.8 Å². The Morgan fingerprint density at radius 3 is 2.50 bits per heavy atom. The number of aryl methyl sites for hydroxylation is 1. The van der Waals surface area contributed by atoms with Crippen LogP contribution in [0, 0.1) is 6.92 Å². The molecule has 2 N–H and O–H groups in total. The van der Waals surface area contributed by atoms with E-state index in [9.17, 15) is 9.90 Å². The highest BCUT2D eigenvalue weighted by Gasteiger charge is 2.13. The average Bonchev–Trinajstić information content (AvgIpc) is 2.73. The van der Waals surface area contributed by atoms with Crippen LogP contribution in [0.2, 0.25) is 0 Å². The summed E-state index contributed by atoms with van der Waals surface area (Å²) >= 11 is 0. The minimum atomic E-state index is -0.833. The van der Waals surface area contributed by atoms with Crippen LogP contribution in [-0.4, -0.2) is 33.4 Å². The summed E-state index contributed by atoms with van der Waals surface area (Å²) in [5.41, 5.74) is 1.56. The molecule has 1 aromatic carbocycles. The molecule has 0 bridgehead atoms. The number of carboxylic acids is 1. The van der Waals surface area contributed by atoms with Gasteiger partial charge in [0.25, 0.3) is 5.97 Å². The maximum atomic E-state index is 12.0. The van der Waals surface area contributed by atoms with E-state index in [0.29, 0.717) is 6.61 Å². The highest BCUT2D eigenvalue weighted by molar-refractivity contribution is 5.91. The number of phenols is 1. The standard InChI is InChI=1S/C14H17NO3.C2H4O2/c1-3-4-7-18-14(17)15-10(2)8-11-9-12(16)5-6-13(11)15;1-2(3)4/h5-6,8-9,16H,3-4,7H2,1-2H3;1H3,(H,3,4). The second-order valence-corrected chi connectivity index (χ2v) is 4.85. The zero-order valence-electron chi connectivity index (χ0n) is 13.0. The van der Waals surface area contributed by atoms with Crippen molar-refractivity contribution < 1.29 is 24.5 Å². The van der Waals surface area contributed by atoms with Crippen LogP contribution in [0.5, 0.6) is 5.75 Å². The molecule has 0 aliphatic carbocycles. The molecule has 0 fully saturated rings. The van der Waals surface area contributed by atoms with Gasteiger partial charge >= 0.3 is 6.09 Å². The van der Waals surface area contributed by atoms with E-state index in [2.05, 4.69) is 0 Å². The summed E-state index contributed by atoms with van der Waals surface area (Å²) in [7, 11) is 0. The van der Waals surface area contributed by atoms with Gasteiger partial charge in [-0.05, 0) is 37.6 Å². The smallest absolute Gasteiger partial charge is 0.418 e. The molecule has 0 amide bonds. The van der Waals surface area contributed by atoms with Crippen molar-refractivity contribution in [3.8, 4) is 5.75 Å². The zero-order valence-corrected chi connectivity index (χ0v) is 13.0. The minimum Gasteiger partial charge on any atom is -0.508 e. The lowest BCUT2D eigenvalue weighted by molar-refractivity contribution is -0.134. The van der Waals surface area contributed by atoms with E-state index < -0.39 is 5.97 Å². The molecule has 22 heavy (non-hydrogen) atoms. The largest absolute Gasteiger partial charge is 0.508 e. The van der Waals surface area contributed by atoms with Gasteiger partial charge in [-0.2, -0.15) is 0 Å². The first-order chi connectivity index (χ1) is 10.4. The van der Waals surface area contributed by atoms with E-state index in [0.717, 1.165) is 36.4 Å². The first kappa shape index (κ1) is 17.6. The summed E-state index contributed by atoms with van der Waals surface area (Å²) < 4.78 is 6.74. The fourth-order valence-corrected chi connectivity index (χ4v) is 1.95. The summed E-state index contributed by atoms with van der Waals surface area (Å²) in [5, 5.41) is 17.7. The van der Waals surface area contributed by atoms with E-state index in [1.165, 1.54) is 4.57 Å². The predicted molar refractivity (Wildman–Crippen MR) is 83.3 cm³/mol. The summed E-state index contributed by atoms with van der Waals surface area (Å²) in [6.45, 7) is 5.41. The number of carboxylic acid groups (broad SMARTS) is 1. The van der Waals surface area contributed by atoms with Crippen LogP contribution in [0.4, 0.5) is 4.79 Å². The molecule has 0 unspecified atom stereocenters. The van der Waals surface area contributed by atoms with Crippen LogP contribution in [0.15, 0.2) is 24.3 Å². The molecule has 2 rings (SSSR count). The van der Waals surface area contributed by atoms with Gasteiger partial charge in [0.15, 0.2) is 0 Å². The lowest BCUT2D eigenvalue weighted by Crippen LogP contribution is -2.15. The first-order valence-corrected chi connectivity index (χ1v) is 7.04. The third kappa shape index (κ3) is 4.80. The Hall–Kier alpha value is -2.50. The first-order valence-electron chi connectivity index (χ1n) is 7.04. The van der Waals surface area contributed by atoms with Gasteiger partial charge in [0.1, 0.15) is 5.75 Å². The normalized spacial score (nSPS) is 9.95. The van der Waals surface area contributed by atoms with E-state index in [1.54, 1.807) is 18.2 Å². The van der Waals surface area contributed by atoms with Gasteiger partial charge in [0.2, 0.25) is 0 Å². The number of ether oxygens (including phenoxy) is 1.